The zero-order chi connectivity index (χ0) is 14.3. The highest BCUT2D eigenvalue weighted by atomic mass is 16.5. The maximum Gasteiger partial charge on any atom is 0.123 e. The van der Waals surface area contributed by atoms with Gasteiger partial charge < -0.3 is 14.8 Å². The summed E-state index contributed by atoms with van der Waals surface area (Å²) >= 11 is 0. The molecule has 0 unspecified atom stereocenters. The van der Waals surface area contributed by atoms with E-state index in [1.807, 2.05) is 7.05 Å². The van der Waals surface area contributed by atoms with E-state index in [2.05, 4.69) is 45.1 Å². The molecule has 3 heteroatoms. The van der Waals surface area contributed by atoms with Gasteiger partial charge in [-0.25, -0.2) is 0 Å². The summed E-state index contributed by atoms with van der Waals surface area (Å²) in [5.41, 5.74) is 3.75. The van der Waals surface area contributed by atoms with E-state index >= 15 is 0 Å². The van der Waals surface area contributed by atoms with E-state index in [-0.39, 0.29) is 11.0 Å². The van der Waals surface area contributed by atoms with Crippen molar-refractivity contribution in [3.8, 4) is 5.75 Å². The summed E-state index contributed by atoms with van der Waals surface area (Å²) in [5.74, 6) is 0.967. The molecule has 0 radical (unpaired) electrons. The third-order valence-electron chi connectivity index (χ3n) is 4.85. The molecule has 1 N–H and O–H groups in total. The van der Waals surface area contributed by atoms with Crippen LogP contribution in [-0.2, 0) is 10.2 Å². The summed E-state index contributed by atoms with van der Waals surface area (Å²) in [6, 6.07) is 4.40. The smallest absolute Gasteiger partial charge is 0.123 e. The van der Waals surface area contributed by atoms with Crippen LogP contribution in [0.25, 0.3) is 0 Å². The van der Waals surface area contributed by atoms with Crippen molar-refractivity contribution >= 4 is 0 Å². The van der Waals surface area contributed by atoms with E-state index in [0.717, 1.165) is 19.0 Å². The lowest BCUT2D eigenvalue weighted by atomic mass is 9.64. The van der Waals surface area contributed by atoms with Crippen molar-refractivity contribution in [1.29, 1.82) is 0 Å². The lowest BCUT2D eigenvalue weighted by Gasteiger charge is -2.53. The van der Waals surface area contributed by atoms with E-state index in [4.69, 9.17) is 9.47 Å². The fourth-order valence-electron chi connectivity index (χ4n) is 2.73. The Hall–Kier alpha value is -1.06. The number of likely N-dealkylation sites (N-methyl/N-ethyl adjacent to an activating group) is 1. The monoisotopic (exact) mass is 263 g/mol. The molecule has 1 aliphatic rings. The first-order chi connectivity index (χ1) is 8.88. The second-order valence-electron chi connectivity index (χ2n) is 6.09. The van der Waals surface area contributed by atoms with Crippen molar-refractivity contribution in [2.75, 3.05) is 27.4 Å². The van der Waals surface area contributed by atoms with Crippen molar-refractivity contribution in [1.82, 2.24) is 5.32 Å². The van der Waals surface area contributed by atoms with E-state index in [1.165, 1.54) is 16.7 Å². The maximum atomic E-state index is 5.62. The van der Waals surface area contributed by atoms with Gasteiger partial charge in [0.1, 0.15) is 5.75 Å². The van der Waals surface area contributed by atoms with Gasteiger partial charge in [0.25, 0.3) is 0 Å². The van der Waals surface area contributed by atoms with Crippen molar-refractivity contribution < 1.29 is 9.47 Å². The van der Waals surface area contributed by atoms with E-state index in [1.54, 1.807) is 7.11 Å². The summed E-state index contributed by atoms with van der Waals surface area (Å²) < 4.78 is 11.2. The van der Waals surface area contributed by atoms with Crippen LogP contribution in [0.2, 0.25) is 0 Å². The molecule has 1 aliphatic heterocycles. The molecule has 0 aliphatic carbocycles. The molecule has 0 aromatic heterocycles. The van der Waals surface area contributed by atoms with Gasteiger partial charge in [0.15, 0.2) is 0 Å². The minimum atomic E-state index is -0.0414. The highest BCUT2D eigenvalue weighted by Gasteiger charge is 2.53. The van der Waals surface area contributed by atoms with Gasteiger partial charge in [-0.1, -0.05) is 6.07 Å². The van der Waals surface area contributed by atoms with Crippen molar-refractivity contribution in [3.05, 3.63) is 28.8 Å². The molecule has 1 aromatic carbocycles. The third-order valence-corrected chi connectivity index (χ3v) is 4.85. The van der Waals surface area contributed by atoms with Crippen LogP contribution in [0.1, 0.15) is 30.5 Å². The summed E-state index contributed by atoms with van der Waals surface area (Å²) in [6.07, 6.45) is 0. The van der Waals surface area contributed by atoms with Gasteiger partial charge in [-0.15, -0.1) is 0 Å². The third kappa shape index (κ3) is 2.05. The second-order valence-corrected chi connectivity index (χ2v) is 6.09. The molecular formula is C16H25NO2. The minimum Gasteiger partial charge on any atom is -0.496 e. The molecule has 0 spiro atoms. The number of ether oxygens (including phenoxy) is 2. The molecule has 2 rings (SSSR count). The number of methoxy groups -OCH3 is 1. The number of nitrogens with one attached hydrogen (secondary N) is 1. The molecule has 1 fully saturated rings. The fourth-order valence-corrected chi connectivity index (χ4v) is 2.73. The molecule has 1 aromatic rings. The van der Waals surface area contributed by atoms with Gasteiger partial charge in [0.05, 0.1) is 25.7 Å². The minimum absolute atomic E-state index is 0.0223. The first kappa shape index (κ1) is 14.4. The predicted molar refractivity (Wildman–Crippen MR) is 78.1 cm³/mol. The Labute approximate surface area is 116 Å². The van der Waals surface area contributed by atoms with E-state index in [0.29, 0.717) is 0 Å². The summed E-state index contributed by atoms with van der Waals surface area (Å²) in [4.78, 5) is 0. The molecule has 3 nitrogen and oxygen atoms in total. The van der Waals surface area contributed by atoms with Crippen LogP contribution in [0.5, 0.6) is 5.75 Å². The van der Waals surface area contributed by atoms with Gasteiger partial charge in [-0.3, -0.25) is 0 Å². The zero-order valence-corrected chi connectivity index (χ0v) is 12.9. The highest BCUT2D eigenvalue weighted by Crippen LogP contribution is 2.46. The Bertz CT molecular complexity index is 476. The van der Waals surface area contributed by atoms with Gasteiger partial charge >= 0.3 is 0 Å². The lowest BCUT2D eigenvalue weighted by molar-refractivity contribution is -0.0999. The molecule has 19 heavy (non-hydrogen) atoms. The number of benzene rings is 1. The van der Waals surface area contributed by atoms with Crippen LogP contribution in [0.15, 0.2) is 12.1 Å². The maximum absolute atomic E-state index is 5.62. The average molecular weight is 263 g/mol. The molecule has 0 amide bonds. The number of hydrogen-bond donors (Lipinski definition) is 1. The standard InChI is InChI=1S/C16H25NO2/c1-11-7-13(14(18-6)8-12(11)2)16(9-19-10-16)15(3,4)17-5/h7-8,17H,9-10H2,1-6H3. The molecule has 0 atom stereocenters. The summed E-state index contributed by atoms with van der Waals surface area (Å²) in [7, 11) is 3.75. The molecule has 1 saturated heterocycles. The SMILES string of the molecule is CNC(C)(C)C1(c2cc(C)c(C)cc2OC)COC1. The number of aryl methyl sites for hydroxylation is 2. The molecule has 1 heterocycles. The molecular weight excluding hydrogens is 238 g/mol. The topological polar surface area (TPSA) is 30.5 Å². The summed E-state index contributed by atoms with van der Waals surface area (Å²) in [6.45, 7) is 10.2. The Morgan fingerprint density at radius 1 is 1.21 bits per heavy atom. The van der Waals surface area contributed by atoms with Gasteiger partial charge in [-0.05, 0) is 51.9 Å². The van der Waals surface area contributed by atoms with Crippen molar-refractivity contribution in [2.45, 2.75) is 38.6 Å². The Morgan fingerprint density at radius 2 is 1.79 bits per heavy atom. The first-order valence-corrected chi connectivity index (χ1v) is 6.80. The van der Waals surface area contributed by atoms with Crippen LogP contribution in [-0.4, -0.2) is 32.9 Å². The molecule has 0 saturated carbocycles. The molecule has 106 valence electrons. The van der Waals surface area contributed by atoms with Crippen molar-refractivity contribution in [3.63, 3.8) is 0 Å². The molecule has 0 bridgehead atoms. The zero-order valence-electron chi connectivity index (χ0n) is 12.9. The predicted octanol–water partition coefficient (Wildman–Crippen LogP) is 2.58. The number of hydrogen-bond acceptors (Lipinski definition) is 3. The van der Waals surface area contributed by atoms with Gasteiger partial charge in [-0.2, -0.15) is 0 Å². The van der Waals surface area contributed by atoms with E-state index < -0.39 is 0 Å². The highest BCUT2D eigenvalue weighted by molar-refractivity contribution is 5.49. The Kier molecular flexibility index (Phi) is 3.63. The van der Waals surface area contributed by atoms with Gasteiger partial charge in [0.2, 0.25) is 0 Å². The lowest BCUT2D eigenvalue weighted by Crippen LogP contribution is -2.65. The Morgan fingerprint density at radius 3 is 2.21 bits per heavy atom. The number of rotatable bonds is 4. The summed E-state index contributed by atoms with van der Waals surface area (Å²) in [5, 5.41) is 3.43. The van der Waals surface area contributed by atoms with Crippen LogP contribution < -0.4 is 10.1 Å². The van der Waals surface area contributed by atoms with E-state index in [9.17, 15) is 0 Å². The normalized spacial score (nSPS) is 18.0. The van der Waals surface area contributed by atoms with Crippen LogP contribution in [0, 0.1) is 13.8 Å². The second kappa shape index (κ2) is 4.80. The van der Waals surface area contributed by atoms with Gasteiger partial charge in [0, 0.05) is 11.1 Å². The van der Waals surface area contributed by atoms with Crippen molar-refractivity contribution in [2.24, 2.45) is 0 Å². The fraction of sp³-hybridized carbons (Fsp3) is 0.625. The quantitative estimate of drug-likeness (QED) is 0.905. The first-order valence-electron chi connectivity index (χ1n) is 6.80. The van der Waals surface area contributed by atoms with Crippen LogP contribution in [0.4, 0.5) is 0 Å². The van der Waals surface area contributed by atoms with Crippen LogP contribution in [0.3, 0.4) is 0 Å². The Balaban J connectivity index is 2.59. The largest absolute Gasteiger partial charge is 0.496 e. The average Bonchev–Trinajstić information content (AvgIpc) is 2.31. The van der Waals surface area contributed by atoms with Crippen LogP contribution >= 0.6 is 0 Å².